The molecule has 0 bridgehead atoms. The Morgan fingerprint density at radius 2 is 2.10 bits per heavy atom. The molecule has 104 valence electrons. The first kappa shape index (κ1) is 15.2. The van der Waals surface area contributed by atoms with Gasteiger partial charge in [-0.3, -0.25) is 0 Å². The molecule has 2 N–H and O–H groups in total. The molecule has 0 saturated heterocycles. The van der Waals surface area contributed by atoms with Crippen molar-refractivity contribution in [2.24, 2.45) is 5.73 Å². The number of halogens is 3. The number of thiocarbonyl (C=S) groups is 1. The van der Waals surface area contributed by atoms with E-state index in [0.717, 1.165) is 0 Å². The van der Waals surface area contributed by atoms with E-state index in [1.807, 2.05) is 0 Å². The van der Waals surface area contributed by atoms with Crippen LogP contribution in [-0.4, -0.2) is 4.99 Å². The number of hydrogen-bond donors (Lipinski definition) is 1. The lowest BCUT2D eigenvalue weighted by Gasteiger charge is -2.10. The van der Waals surface area contributed by atoms with E-state index in [4.69, 9.17) is 34.3 Å². The van der Waals surface area contributed by atoms with Crippen molar-refractivity contribution in [3.63, 3.8) is 0 Å². The molecule has 0 radical (unpaired) electrons. The number of ether oxygens (including phenoxy) is 1. The molecule has 0 saturated carbocycles. The SMILES string of the molecule is NC(=S)c1ccc(OCc2cccc(F)c2Br)c(Cl)c1. The van der Waals surface area contributed by atoms with Gasteiger partial charge in [-0.25, -0.2) is 4.39 Å². The van der Waals surface area contributed by atoms with Gasteiger partial charge in [0.25, 0.3) is 0 Å². The Kier molecular flexibility index (Phi) is 4.96. The molecule has 0 heterocycles. The summed E-state index contributed by atoms with van der Waals surface area (Å²) in [6, 6.07) is 9.81. The maximum absolute atomic E-state index is 13.4. The van der Waals surface area contributed by atoms with Gasteiger partial charge in [-0.1, -0.05) is 36.0 Å². The second kappa shape index (κ2) is 6.52. The largest absolute Gasteiger partial charge is 0.487 e. The first-order chi connectivity index (χ1) is 9.49. The van der Waals surface area contributed by atoms with Crippen molar-refractivity contribution in [1.29, 1.82) is 0 Å². The van der Waals surface area contributed by atoms with Crippen LogP contribution in [0.4, 0.5) is 4.39 Å². The monoisotopic (exact) mass is 373 g/mol. The predicted molar refractivity (Wildman–Crippen MR) is 85.8 cm³/mol. The molecule has 0 unspecified atom stereocenters. The van der Waals surface area contributed by atoms with Gasteiger partial charge in [-0.2, -0.15) is 0 Å². The van der Waals surface area contributed by atoms with Crippen molar-refractivity contribution in [1.82, 2.24) is 0 Å². The highest BCUT2D eigenvalue weighted by molar-refractivity contribution is 9.10. The van der Waals surface area contributed by atoms with Gasteiger partial charge in [0.1, 0.15) is 23.2 Å². The van der Waals surface area contributed by atoms with E-state index in [1.165, 1.54) is 6.07 Å². The van der Waals surface area contributed by atoms with Crippen LogP contribution in [0, 0.1) is 5.82 Å². The zero-order valence-electron chi connectivity index (χ0n) is 10.2. The summed E-state index contributed by atoms with van der Waals surface area (Å²) in [4.78, 5) is 0.270. The van der Waals surface area contributed by atoms with Crippen molar-refractivity contribution in [3.05, 3.63) is 62.8 Å². The third-order valence-electron chi connectivity index (χ3n) is 2.63. The van der Waals surface area contributed by atoms with E-state index in [-0.39, 0.29) is 17.4 Å². The van der Waals surface area contributed by atoms with Crippen LogP contribution in [0.25, 0.3) is 0 Å². The van der Waals surface area contributed by atoms with Crippen molar-refractivity contribution < 1.29 is 9.13 Å². The van der Waals surface area contributed by atoms with Crippen LogP contribution in [-0.2, 0) is 6.61 Å². The normalized spacial score (nSPS) is 10.3. The summed E-state index contributed by atoms with van der Waals surface area (Å²) in [5, 5.41) is 0.405. The fourth-order valence-electron chi connectivity index (χ4n) is 1.59. The van der Waals surface area contributed by atoms with Crippen LogP contribution in [0.2, 0.25) is 5.02 Å². The Morgan fingerprint density at radius 3 is 2.75 bits per heavy atom. The molecule has 0 aliphatic heterocycles. The molecule has 2 nitrogen and oxygen atoms in total. The van der Waals surface area contributed by atoms with Crippen LogP contribution in [0.5, 0.6) is 5.75 Å². The Balaban J connectivity index is 2.15. The molecule has 6 heteroatoms. The standard InChI is InChI=1S/C14H10BrClFNOS/c15-13-9(2-1-3-11(13)17)7-19-12-5-4-8(14(18)20)6-10(12)16/h1-6H,7H2,(H2,18,20). The molecule has 20 heavy (non-hydrogen) atoms. The number of hydrogen-bond acceptors (Lipinski definition) is 2. The summed E-state index contributed by atoms with van der Waals surface area (Å²) in [5.41, 5.74) is 6.88. The van der Waals surface area contributed by atoms with Crippen molar-refractivity contribution in [2.45, 2.75) is 6.61 Å². The van der Waals surface area contributed by atoms with E-state index in [9.17, 15) is 4.39 Å². The molecule has 0 aromatic heterocycles. The summed E-state index contributed by atoms with van der Waals surface area (Å²) in [6.45, 7) is 0.199. The van der Waals surface area contributed by atoms with Crippen LogP contribution in [0.3, 0.4) is 0 Å². The van der Waals surface area contributed by atoms with E-state index in [1.54, 1.807) is 30.3 Å². The van der Waals surface area contributed by atoms with Gasteiger partial charge in [-0.05, 0) is 40.2 Å². The molecule has 2 rings (SSSR count). The van der Waals surface area contributed by atoms with Crippen molar-refractivity contribution >= 4 is 44.7 Å². The first-order valence-corrected chi connectivity index (χ1v) is 7.22. The molecule has 0 amide bonds. The highest BCUT2D eigenvalue weighted by atomic mass is 79.9. The van der Waals surface area contributed by atoms with Gasteiger partial charge >= 0.3 is 0 Å². The molecule has 0 aliphatic rings. The first-order valence-electron chi connectivity index (χ1n) is 5.64. The average Bonchev–Trinajstić information content (AvgIpc) is 2.41. The van der Waals surface area contributed by atoms with Gasteiger partial charge in [0.2, 0.25) is 0 Å². The highest BCUT2D eigenvalue weighted by Gasteiger charge is 2.08. The summed E-state index contributed by atoms with van der Waals surface area (Å²) < 4.78 is 19.3. The van der Waals surface area contributed by atoms with Gasteiger partial charge in [-0.15, -0.1) is 0 Å². The zero-order valence-corrected chi connectivity index (χ0v) is 13.4. The van der Waals surface area contributed by atoms with Gasteiger partial charge in [0, 0.05) is 11.1 Å². The Bertz CT molecular complexity index is 666. The molecule has 0 aliphatic carbocycles. The molecule has 2 aromatic carbocycles. The fraction of sp³-hybridized carbons (Fsp3) is 0.0714. The molecule has 0 atom stereocenters. The zero-order chi connectivity index (χ0) is 14.7. The highest BCUT2D eigenvalue weighted by Crippen LogP contribution is 2.28. The Morgan fingerprint density at radius 1 is 1.35 bits per heavy atom. The van der Waals surface area contributed by atoms with E-state index in [0.29, 0.717) is 26.4 Å². The summed E-state index contributed by atoms with van der Waals surface area (Å²) in [7, 11) is 0. The van der Waals surface area contributed by atoms with Crippen LogP contribution in [0.1, 0.15) is 11.1 Å². The Labute approximate surface area is 134 Å². The minimum Gasteiger partial charge on any atom is -0.487 e. The third-order valence-corrected chi connectivity index (χ3v) is 4.05. The minimum absolute atomic E-state index is 0.199. The van der Waals surface area contributed by atoms with Gasteiger partial charge in [0.05, 0.1) is 9.50 Å². The number of nitrogens with two attached hydrogens (primary N) is 1. The maximum Gasteiger partial charge on any atom is 0.138 e. The quantitative estimate of drug-likeness (QED) is 0.803. The van der Waals surface area contributed by atoms with Crippen molar-refractivity contribution in [2.75, 3.05) is 0 Å². The second-order valence-corrected chi connectivity index (χ2v) is 5.65. The topological polar surface area (TPSA) is 35.2 Å². The molecule has 2 aromatic rings. The van der Waals surface area contributed by atoms with E-state index < -0.39 is 0 Å². The third kappa shape index (κ3) is 3.48. The lowest BCUT2D eigenvalue weighted by molar-refractivity contribution is 0.305. The Hall–Kier alpha value is -1.17. The molecule has 0 fully saturated rings. The maximum atomic E-state index is 13.4. The van der Waals surface area contributed by atoms with Gasteiger partial charge < -0.3 is 10.5 Å². The smallest absolute Gasteiger partial charge is 0.138 e. The summed E-state index contributed by atoms with van der Waals surface area (Å²) in [6.07, 6.45) is 0. The van der Waals surface area contributed by atoms with Crippen LogP contribution < -0.4 is 10.5 Å². The molecular weight excluding hydrogens is 365 g/mol. The minimum atomic E-state index is -0.332. The lowest BCUT2D eigenvalue weighted by Crippen LogP contribution is -2.09. The number of rotatable bonds is 4. The molecular formula is C14H10BrClFNOS. The average molecular weight is 375 g/mol. The molecule has 0 spiro atoms. The predicted octanol–water partition coefficient (Wildman–Crippen LogP) is 4.45. The summed E-state index contributed by atoms with van der Waals surface area (Å²) in [5.74, 6) is 0.156. The van der Waals surface area contributed by atoms with E-state index >= 15 is 0 Å². The lowest BCUT2D eigenvalue weighted by atomic mass is 10.2. The van der Waals surface area contributed by atoms with Gasteiger partial charge in [0.15, 0.2) is 0 Å². The summed E-state index contributed by atoms with van der Waals surface area (Å²) >= 11 is 14.1. The number of benzene rings is 2. The second-order valence-electron chi connectivity index (χ2n) is 4.01. The van der Waals surface area contributed by atoms with E-state index in [2.05, 4.69) is 15.9 Å². The van der Waals surface area contributed by atoms with Crippen LogP contribution in [0.15, 0.2) is 40.9 Å². The fourth-order valence-corrected chi connectivity index (χ4v) is 2.33. The van der Waals surface area contributed by atoms with Crippen LogP contribution >= 0.6 is 39.7 Å². The van der Waals surface area contributed by atoms with Crippen molar-refractivity contribution in [3.8, 4) is 5.75 Å².